The molecule has 1 heterocycles. The lowest BCUT2D eigenvalue weighted by atomic mass is 10.2. The van der Waals surface area contributed by atoms with E-state index in [-0.39, 0.29) is 17.1 Å². The Morgan fingerprint density at radius 1 is 1.00 bits per heavy atom. The Bertz CT molecular complexity index is 1360. The van der Waals surface area contributed by atoms with Gasteiger partial charge in [-0.25, -0.2) is 0 Å². The minimum atomic E-state index is -0.538. The fourth-order valence-corrected chi connectivity index (χ4v) is 4.14. The van der Waals surface area contributed by atoms with Crippen molar-refractivity contribution in [2.45, 2.75) is 5.16 Å². The van der Waals surface area contributed by atoms with Gasteiger partial charge < -0.3 is 14.8 Å². The maximum Gasteiger partial charge on any atom is 0.292 e. The number of hydrogen-bond acceptors (Lipinski definition) is 8. The average Bonchev–Trinajstić information content (AvgIpc) is 3.31. The molecule has 4 rings (SSSR count). The maximum absolute atomic E-state index is 12.6. The van der Waals surface area contributed by atoms with Crippen LogP contribution in [0, 0.1) is 10.1 Å². The highest BCUT2D eigenvalue weighted by atomic mass is 32.2. The summed E-state index contributed by atoms with van der Waals surface area (Å²) in [6, 6.07) is 20.9. The Kier molecular flexibility index (Phi) is 7.27. The number of carbonyl (C=O) groups excluding carboxylic acids is 1. The molecule has 35 heavy (non-hydrogen) atoms. The molecule has 10 nitrogen and oxygen atoms in total. The van der Waals surface area contributed by atoms with Crippen molar-refractivity contribution in [1.82, 2.24) is 14.8 Å². The van der Waals surface area contributed by atoms with Crippen molar-refractivity contribution in [2.75, 3.05) is 25.3 Å². The van der Waals surface area contributed by atoms with Crippen LogP contribution in [0.15, 0.2) is 78.0 Å². The van der Waals surface area contributed by atoms with Crippen LogP contribution in [0.1, 0.15) is 0 Å². The normalized spacial score (nSPS) is 10.6. The number of methoxy groups -OCH3 is 2. The summed E-state index contributed by atoms with van der Waals surface area (Å²) in [5, 5.41) is 23.0. The molecule has 0 aliphatic heterocycles. The number of aromatic nitrogens is 3. The van der Waals surface area contributed by atoms with E-state index in [1.165, 1.54) is 23.9 Å². The van der Waals surface area contributed by atoms with Crippen molar-refractivity contribution in [3.63, 3.8) is 0 Å². The monoisotopic (exact) mass is 491 g/mol. The summed E-state index contributed by atoms with van der Waals surface area (Å²) in [4.78, 5) is 23.3. The van der Waals surface area contributed by atoms with Gasteiger partial charge in [-0.2, -0.15) is 0 Å². The Labute approximate surface area is 205 Å². The molecule has 0 spiro atoms. The van der Waals surface area contributed by atoms with Gasteiger partial charge in [0, 0.05) is 17.3 Å². The van der Waals surface area contributed by atoms with Gasteiger partial charge in [-0.15, -0.1) is 10.2 Å². The number of para-hydroxylation sites is 3. The zero-order chi connectivity index (χ0) is 24.8. The Hall–Kier alpha value is -4.38. The highest BCUT2D eigenvalue weighted by molar-refractivity contribution is 7.99. The number of nitro groups is 1. The van der Waals surface area contributed by atoms with Crippen LogP contribution >= 0.6 is 11.8 Å². The van der Waals surface area contributed by atoms with E-state index in [1.54, 1.807) is 38.5 Å². The lowest BCUT2D eigenvalue weighted by molar-refractivity contribution is -0.383. The van der Waals surface area contributed by atoms with E-state index in [0.29, 0.717) is 22.5 Å². The predicted molar refractivity (Wildman–Crippen MR) is 132 cm³/mol. The number of thioether (sulfide) groups is 1. The van der Waals surface area contributed by atoms with E-state index < -0.39 is 10.8 Å². The van der Waals surface area contributed by atoms with Crippen LogP contribution in [0.5, 0.6) is 11.5 Å². The predicted octanol–water partition coefficient (Wildman–Crippen LogP) is 4.59. The summed E-state index contributed by atoms with van der Waals surface area (Å²) in [6.07, 6.45) is 0. The summed E-state index contributed by atoms with van der Waals surface area (Å²) >= 11 is 1.17. The first kappa shape index (κ1) is 23.8. The molecule has 1 N–H and O–H groups in total. The molecular formula is C24H21N5O5S. The van der Waals surface area contributed by atoms with Crippen molar-refractivity contribution >= 4 is 29.0 Å². The molecule has 0 bridgehead atoms. The van der Waals surface area contributed by atoms with Crippen molar-refractivity contribution in [3.05, 3.63) is 82.9 Å². The third-order valence-corrected chi connectivity index (χ3v) is 5.93. The number of carbonyl (C=O) groups is 1. The van der Waals surface area contributed by atoms with Gasteiger partial charge in [0.25, 0.3) is 5.69 Å². The third kappa shape index (κ3) is 5.25. The number of nitrogens with zero attached hydrogens (tertiary/aromatic N) is 4. The van der Waals surface area contributed by atoms with E-state index in [9.17, 15) is 14.9 Å². The number of benzene rings is 3. The van der Waals surface area contributed by atoms with Crippen LogP contribution in [0.3, 0.4) is 0 Å². The molecule has 0 aliphatic rings. The number of nitrogens with one attached hydrogen (secondary N) is 1. The molecule has 0 saturated heterocycles. The SMILES string of the molecule is COc1ccc(-c2nnc(SCC(=O)Nc3ccccc3[N+](=O)[O-])n2-c2ccccc2)cc1OC. The van der Waals surface area contributed by atoms with Crippen molar-refractivity contribution in [1.29, 1.82) is 0 Å². The number of nitro benzene ring substituents is 1. The summed E-state index contributed by atoms with van der Waals surface area (Å²) in [5.74, 6) is 1.26. The van der Waals surface area contributed by atoms with Gasteiger partial charge in [-0.05, 0) is 36.4 Å². The summed E-state index contributed by atoms with van der Waals surface area (Å²) in [6.45, 7) is 0. The molecule has 178 valence electrons. The van der Waals surface area contributed by atoms with Crippen LogP contribution in [0.4, 0.5) is 11.4 Å². The van der Waals surface area contributed by atoms with Crippen molar-refractivity contribution in [3.8, 4) is 28.6 Å². The number of anilines is 1. The largest absolute Gasteiger partial charge is 0.493 e. The van der Waals surface area contributed by atoms with E-state index in [0.717, 1.165) is 11.3 Å². The van der Waals surface area contributed by atoms with Crippen LogP contribution in [-0.4, -0.2) is 45.6 Å². The van der Waals surface area contributed by atoms with E-state index in [1.807, 2.05) is 41.0 Å². The van der Waals surface area contributed by atoms with Gasteiger partial charge in [0.2, 0.25) is 5.91 Å². The van der Waals surface area contributed by atoms with E-state index in [4.69, 9.17) is 9.47 Å². The van der Waals surface area contributed by atoms with Crippen LogP contribution < -0.4 is 14.8 Å². The standard InChI is InChI=1S/C24H21N5O5S/c1-33-20-13-12-16(14-21(20)34-2)23-26-27-24(28(23)17-8-4-3-5-9-17)35-15-22(30)25-18-10-6-7-11-19(18)29(31)32/h3-14H,15H2,1-2H3,(H,25,30). The minimum absolute atomic E-state index is 0.0249. The van der Waals surface area contributed by atoms with Gasteiger partial charge in [-0.3, -0.25) is 19.5 Å². The highest BCUT2D eigenvalue weighted by Crippen LogP contribution is 2.34. The second-order valence-electron chi connectivity index (χ2n) is 7.16. The van der Waals surface area contributed by atoms with Crippen LogP contribution in [0.2, 0.25) is 0 Å². The molecule has 0 saturated carbocycles. The first-order valence-corrected chi connectivity index (χ1v) is 11.4. The van der Waals surface area contributed by atoms with E-state index in [2.05, 4.69) is 15.5 Å². The lowest BCUT2D eigenvalue weighted by Gasteiger charge is -2.12. The van der Waals surface area contributed by atoms with Gasteiger partial charge in [0.1, 0.15) is 5.69 Å². The smallest absolute Gasteiger partial charge is 0.292 e. The highest BCUT2D eigenvalue weighted by Gasteiger charge is 2.20. The molecule has 1 amide bonds. The maximum atomic E-state index is 12.6. The molecule has 0 radical (unpaired) electrons. The molecule has 0 unspecified atom stereocenters. The van der Waals surface area contributed by atoms with Gasteiger partial charge in [0.05, 0.1) is 24.9 Å². The minimum Gasteiger partial charge on any atom is -0.493 e. The van der Waals surface area contributed by atoms with Crippen LogP contribution in [0.25, 0.3) is 17.1 Å². The van der Waals surface area contributed by atoms with Gasteiger partial charge >= 0.3 is 0 Å². The second kappa shape index (κ2) is 10.7. The van der Waals surface area contributed by atoms with Crippen LogP contribution in [-0.2, 0) is 4.79 Å². The molecule has 0 aliphatic carbocycles. The van der Waals surface area contributed by atoms with Crippen molar-refractivity contribution in [2.24, 2.45) is 0 Å². The number of ether oxygens (including phenoxy) is 2. The third-order valence-electron chi connectivity index (χ3n) is 5.00. The number of hydrogen-bond donors (Lipinski definition) is 1. The Morgan fingerprint density at radius 2 is 1.71 bits per heavy atom. The quantitative estimate of drug-likeness (QED) is 0.205. The zero-order valence-electron chi connectivity index (χ0n) is 18.9. The summed E-state index contributed by atoms with van der Waals surface area (Å²) < 4.78 is 12.6. The van der Waals surface area contributed by atoms with Gasteiger partial charge in [0.15, 0.2) is 22.5 Å². The number of rotatable bonds is 9. The number of amides is 1. The molecule has 0 fully saturated rings. The molecular weight excluding hydrogens is 470 g/mol. The molecule has 4 aromatic rings. The zero-order valence-corrected chi connectivity index (χ0v) is 19.7. The summed E-state index contributed by atoms with van der Waals surface area (Å²) in [5.41, 5.74) is 1.52. The first-order valence-electron chi connectivity index (χ1n) is 10.4. The molecule has 3 aromatic carbocycles. The van der Waals surface area contributed by atoms with E-state index >= 15 is 0 Å². The second-order valence-corrected chi connectivity index (χ2v) is 8.10. The lowest BCUT2D eigenvalue weighted by Crippen LogP contribution is -2.15. The van der Waals surface area contributed by atoms with Gasteiger partial charge in [-0.1, -0.05) is 42.1 Å². The van der Waals surface area contributed by atoms with Crippen molar-refractivity contribution < 1.29 is 19.2 Å². The summed E-state index contributed by atoms with van der Waals surface area (Å²) in [7, 11) is 3.12. The Balaban J connectivity index is 1.62. The molecule has 1 aromatic heterocycles. The fourth-order valence-electron chi connectivity index (χ4n) is 3.39. The average molecular weight is 492 g/mol. The molecule has 11 heteroatoms. The first-order chi connectivity index (χ1) is 17.0. The topological polar surface area (TPSA) is 121 Å². The Morgan fingerprint density at radius 3 is 2.43 bits per heavy atom. The fraction of sp³-hybridized carbons (Fsp3) is 0.125. The molecule has 0 atom stereocenters.